The van der Waals surface area contributed by atoms with Gasteiger partial charge in [0.1, 0.15) is 5.56 Å². The molecule has 1 amide bonds. The summed E-state index contributed by atoms with van der Waals surface area (Å²) in [7, 11) is -1.52. The number of methoxy groups -OCH3 is 1. The van der Waals surface area contributed by atoms with E-state index >= 15 is 0 Å². The summed E-state index contributed by atoms with van der Waals surface area (Å²) in [6.07, 6.45) is 0.576. The molecule has 0 aliphatic carbocycles. The molecule has 2 fully saturated rings. The number of aromatic nitrogens is 2. The number of hydrogen-bond donors (Lipinski definition) is 0. The van der Waals surface area contributed by atoms with Crippen molar-refractivity contribution in [1.82, 2.24) is 14.7 Å². The number of sulfone groups is 1. The van der Waals surface area contributed by atoms with Crippen molar-refractivity contribution in [2.45, 2.75) is 26.3 Å². The second kappa shape index (κ2) is 8.71. The van der Waals surface area contributed by atoms with E-state index in [-0.39, 0.29) is 29.0 Å². The Morgan fingerprint density at radius 2 is 1.91 bits per heavy atom. The van der Waals surface area contributed by atoms with Gasteiger partial charge in [-0.25, -0.2) is 13.2 Å². The van der Waals surface area contributed by atoms with Crippen LogP contribution in [0.25, 0.3) is 11.0 Å². The molecule has 0 saturated carbocycles. The number of nitrogens with zero attached hydrogens (tertiary/aromatic N) is 4. The molecule has 4 heterocycles. The number of ether oxygens (including phenoxy) is 1. The molecule has 0 spiro atoms. The van der Waals surface area contributed by atoms with E-state index in [0.717, 1.165) is 17.1 Å². The Kier molecular flexibility index (Phi) is 5.82. The van der Waals surface area contributed by atoms with Crippen LogP contribution in [0.3, 0.4) is 0 Å². The second-order valence-electron chi connectivity index (χ2n) is 9.13. The molecule has 1 atom stereocenters. The molecule has 0 radical (unpaired) electrons. The first-order valence-electron chi connectivity index (χ1n) is 11.6. The van der Waals surface area contributed by atoms with Crippen LogP contribution in [-0.2, 0) is 9.84 Å². The maximum atomic E-state index is 13.2. The molecule has 10 nitrogen and oxygen atoms in total. The SMILES string of the molecule is COc1cccc2cc(C(=O)N3CCN(c4c(C)nn(C5CCS(=O)(=O)C5)c4C)CC3)c(=O)oc12. The Hall–Kier alpha value is -3.34. The average molecular weight is 501 g/mol. The van der Waals surface area contributed by atoms with Crippen molar-refractivity contribution >= 4 is 32.4 Å². The lowest BCUT2D eigenvalue weighted by Crippen LogP contribution is -2.49. The van der Waals surface area contributed by atoms with Crippen LogP contribution >= 0.6 is 0 Å². The van der Waals surface area contributed by atoms with Crippen LogP contribution in [-0.4, -0.2) is 73.8 Å². The van der Waals surface area contributed by atoms with Crippen LogP contribution in [0.1, 0.15) is 34.2 Å². The van der Waals surface area contributed by atoms with Crippen LogP contribution in [0, 0.1) is 13.8 Å². The van der Waals surface area contributed by atoms with Gasteiger partial charge in [0.25, 0.3) is 5.91 Å². The first-order chi connectivity index (χ1) is 16.7. The van der Waals surface area contributed by atoms with Crippen LogP contribution < -0.4 is 15.3 Å². The molecule has 2 saturated heterocycles. The van der Waals surface area contributed by atoms with Gasteiger partial charge in [-0.2, -0.15) is 5.10 Å². The fourth-order valence-electron chi connectivity index (χ4n) is 5.17. The lowest BCUT2D eigenvalue weighted by Gasteiger charge is -2.36. The van der Waals surface area contributed by atoms with Crippen LogP contribution in [0.4, 0.5) is 5.69 Å². The van der Waals surface area contributed by atoms with Gasteiger partial charge in [-0.05, 0) is 32.4 Å². The number of piperazine rings is 1. The van der Waals surface area contributed by atoms with Crippen molar-refractivity contribution in [2.75, 3.05) is 49.7 Å². The zero-order valence-corrected chi connectivity index (χ0v) is 20.8. The number of carbonyl (C=O) groups is 1. The minimum atomic E-state index is -3.01. The number of amides is 1. The minimum Gasteiger partial charge on any atom is -0.493 e. The van der Waals surface area contributed by atoms with Crippen molar-refractivity contribution < 1.29 is 22.4 Å². The van der Waals surface area contributed by atoms with Gasteiger partial charge in [-0.1, -0.05) is 12.1 Å². The first-order valence-corrected chi connectivity index (χ1v) is 13.4. The molecule has 0 N–H and O–H groups in total. The number of carbonyl (C=O) groups excluding carboxylic acids is 1. The van der Waals surface area contributed by atoms with E-state index in [2.05, 4.69) is 10.00 Å². The highest BCUT2D eigenvalue weighted by Crippen LogP contribution is 2.32. The molecular weight excluding hydrogens is 472 g/mol. The molecule has 2 aliphatic rings. The molecule has 2 aliphatic heterocycles. The van der Waals surface area contributed by atoms with Gasteiger partial charge in [0.15, 0.2) is 21.2 Å². The Balaban J connectivity index is 1.33. The number of aryl methyl sites for hydroxylation is 1. The molecular formula is C24H28N4O6S. The third kappa shape index (κ3) is 4.18. The lowest BCUT2D eigenvalue weighted by molar-refractivity contribution is 0.0742. The van der Waals surface area contributed by atoms with Gasteiger partial charge in [0.2, 0.25) is 0 Å². The fraction of sp³-hybridized carbons (Fsp3) is 0.458. The van der Waals surface area contributed by atoms with E-state index in [1.54, 1.807) is 29.2 Å². The van der Waals surface area contributed by atoms with E-state index in [4.69, 9.17) is 9.15 Å². The third-order valence-corrected chi connectivity index (χ3v) is 8.65. The van der Waals surface area contributed by atoms with Crippen LogP contribution in [0.2, 0.25) is 0 Å². The maximum absolute atomic E-state index is 13.2. The van der Waals surface area contributed by atoms with E-state index in [1.165, 1.54) is 7.11 Å². The van der Waals surface area contributed by atoms with Crippen LogP contribution in [0.5, 0.6) is 5.75 Å². The van der Waals surface area contributed by atoms with E-state index in [9.17, 15) is 18.0 Å². The summed E-state index contributed by atoms with van der Waals surface area (Å²) >= 11 is 0. The monoisotopic (exact) mass is 500 g/mol. The molecule has 5 rings (SSSR count). The van der Waals surface area contributed by atoms with Crippen molar-refractivity contribution in [2.24, 2.45) is 0 Å². The van der Waals surface area contributed by atoms with E-state index in [0.29, 0.717) is 49.3 Å². The highest BCUT2D eigenvalue weighted by molar-refractivity contribution is 7.91. The van der Waals surface area contributed by atoms with Gasteiger partial charge >= 0.3 is 5.63 Å². The maximum Gasteiger partial charge on any atom is 0.349 e. The van der Waals surface area contributed by atoms with Crippen LogP contribution in [0.15, 0.2) is 33.5 Å². The van der Waals surface area contributed by atoms with E-state index < -0.39 is 15.5 Å². The average Bonchev–Trinajstić information content (AvgIpc) is 3.35. The number of fused-ring (bicyclic) bond motifs is 1. The van der Waals surface area contributed by atoms with Crippen molar-refractivity contribution in [3.8, 4) is 5.75 Å². The fourth-order valence-corrected chi connectivity index (χ4v) is 6.86. The standard InChI is InChI=1S/C24H28N4O6S/c1-15-21(16(2)28(25-15)18-7-12-35(31,32)14-18)26-8-10-27(11-9-26)23(29)19-13-17-5-4-6-20(33-3)22(17)34-24(19)30/h4-6,13,18H,7-12,14H2,1-3H3. The second-order valence-corrected chi connectivity index (χ2v) is 11.4. The first kappa shape index (κ1) is 23.4. The molecule has 186 valence electrons. The summed E-state index contributed by atoms with van der Waals surface area (Å²) in [5, 5.41) is 5.28. The number of para-hydroxylation sites is 1. The van der Waals surface area contributed by atoms with Gasteiger partial charge < -0.3 is 19.0 Å². The molecule has 2 aromatic heterocycles. The van der Waals surface area contributed by atoms with Crippen molar-refractivity contribution in [3.63, 3.8) is 0 Å². The summed E-state index contributed by atoms with van der Waals surface area (Å²) in [6, 6.07) is 6.67. The zero-order valence-electron chi connectivity index (χ0n) is 20.0. The number of hydrogen-bond acceptors (Lipinski definition) is 8. The Bertz CT molecular complexity index is 1470. The lowest BCUT2D eigenvalue weighted by atomic mass is 10.1. The zero-order chi connectivity index (χ0) is 24.9. The summed E-state index contributed by atoms with van der Waals surface area (Å²) in [5.74, 6) is 0.399. The third-order valence-electron chi connectivity index (χ3n) is 6.90. The van der Waals surface area contributed by atoms with E-state index in [1.807, 2.05) is 18.5 Å². The molecule has 0 bridgehead atoms. The Morgan fingerprint density at radius 3 is 2.57 bits per heavy atom. The number of rotatable bonds is 4. The Labute approximate surface area is 203 Å². The molecule has 1 aromatic carbocycles. The largest absolute Gasteiger partial charge is 0.493 e. The van der Waals surface area contributed by atoms with Crippen molar-refractivity contribution in [1.29, 1.82) is 0 Å². The molecule has 11 heteroatoms. The highest BCUT2D eigenvalue weighted by Gasteiger charge is 2.33. The summed E-state index contributed by atoms with van der Waals surface area (Å²) in [6.45, 7) is 5.93. The minimum absolute atomic E-state index is 0.00169. The quantitative estimate of drug-likeness (QED) is 0.499. The highest BCUT2D eigenvalue weighted by atomic mass is 32.2. The molecule has 35 heavy (non-hydrogen) atoms. The molecule has 3 aromatic rings. The summed E-state index contributed by atoms with van der Waals surface area (Å²) < 4.78 is 36.4. The predicted molar refractivity (Wildman–Crippen MR) is 131 cm³/mol. The predicted octanol–water partition coefficient (Wildman–Crippen LogP) is 1.94. The molecule has 1 unspecified atom stereocenters. The summed E-state index contributed by atoms with van der Waals surface area (Å²) in [4.78, 5) is 29.6. The summed E-state index contributed by atoms with van der Waals surface area (Å²) in [5.41, 5.74) is 2.40. The van der Waals surface area contributed by atoms with Gasteiger partial charge in [-0.3, -0.25) is 9.48 Å². The number of benzene rings is 1. The normalized spacial score (nSPS) is 19.9. The Morgan fingerprint density at radius 1 is 1.17 bits per heavy atom. The van der Waals surface area contributed by atoms with Gasteiger partial charge in [-0.15, -0.1) is 0 Å². The number of anilines is 1. The topological polar surface area (TPSA) is 115 Å². The van der Waals surface area contributed by atoms with Gasteiger partial charge in [0, 0.05) is 31.6 Å². The van der Waals surface area contributed by atoms with Gasteiger partial charge in [0.05, 0.1) is 41.7 Å². The van der Waals surface area contributed by atoms with Crippen molar-refractivity contribution in [3.05, 3.63) is 51.6 Å². The smallest absolute Gasteiger partial charge is 0.349 e.